The molecule has 0 bridgehead atoms. The van der Waals surface area contributed by atoms with Crippen LogP contribution in [0.2, 0.25) is 10.0 Å². The molecule has 0 saturated heterocycles. The summed E-state index contributed by atoms with van der Waals surface area (Å²) in [7, 11) is 0. The van der Waals surface area contributed by atoms with Gasteiger partial charge in [0, 0.05) is 10.7 Å². The van der Waals surface area contributed by atoms with Crippen LogP contribution < -0.4 is 5.73 Å². The van der Waals surface area contributed by atoms with Crippen molar-refractivity contribution in [2.75, 3.05) is 5.73 Å². The van der Waals surface area contributed by atoms with Crippen molar-refractivity contribution >= 4 is 56.2 Å². The largest absolute Gasteiger partial charge is 0.369 e. The maximum absolute atomic E-state index is 6.30. The highest BCUT2D eigenvalue weighted by molar-refractivity contribution is 9.10. The maximum Gasteiger partial charge on any atom is 0.207 e. The molecule has 0 spiro atoms. The molecular formula is C13H9BrCl2N4. The van der Waals surface area contributed by atoms with Crippen LogP contribution >= 0.6 is 39.1 Å². The molecule has 0 atom stereocenters. The first-order valence-corrected chi connectivity index (χ1v) is 7.28. The normalized spacial score (nSPS) is 11.2. The molecule has 4 nitrogen and oxygen atoms in total. The molecule has 0 fully saturated rings. The predicted molar refractivity (Wildman–Crippen MR) is 85.7 cm³/mol. The van der Waals surface area contributed by atoms with Crippen LogP contribution in [0.1, 0.15) is 5.56 Å². The highest BCUT2D eigenvalue weighted by atomic mass is 79.9. The predicted octanol–water partition coefficient (Wildman–Crippen LogP) is 4.38. The summed E-state index contributed by atoms with van der Waals surface area (Å²) in [5, 5.41) is 0.826. The molecule has 0 unspecified atom stereocenters. The molecule has 20 heavy (non-hydrogen) atoms. The number of imidazole rings is 1. The van der Waals surface area contributed by atoms with E-state index in [1.807, 2.05) is 25.1 Å². The van der Waals surface area contributed by atoms with E-state index in [0.29, 0.717) is 27.3 Å². The van der Waals surface area contributed by atoms with Crippen molar-refractivity contribution in [3.05, 3.63) is 44.5 Å². The fraction of sp³-hybridized carbons (Fsp3) is 0.0769. The molecule has 0 aliphatic carbocycles. The van der Waals surface area contributed by atoms with Gasteiger partial charge in [-0.3, -0.25) is 4.57 Å². The van der Waals surface area contributed by atoms with Crippen LogP contribution in [0, 0.1) is 6.92 Å². The number of benzene rings is 1. The van der Waals surface area contributed by atoms with Gasteiger partial charge in [-0.1, -0.05) is 23.2 Å². The third kappa shape index (κ3) is 2.06. The monoisotopic (exact) mass is 370 g/mol. The van der Waals surface area contributed by atoms with Crippen molar-refractivity contribution in [3.63, 3.8) is 0 Å². The van der Waals surface area contributed by atoms with Crippen molar-refractivity contribution < 1.29 is 0 Å². The molecule has 3 rings (SSSR count). The lowest BCUT2D eigenvalue weighted by Crippen LogP contribution is -2.02. The van der Waals surface area contributed by atoms with Gasteiger partial charge in [-0.2, -0.15) is 0 Å². The van der Waals surface area contributed by atoms with Gasteiger partial charge >= 0.3 is 0 Å². The van der Waals surface area contributed by atoms with Gasteiger partial charge in [0.25, 0.3) is 0 Å². The van der Waals surface area contributed by atoms with Gasteiger partial charge in [-0.05, 0) is 46.6 Å². The van der Waals surface area contributed by atoms with Gasteiger partial charge in [0.05, 0.1) is 15.7 Å². The molecule has 0 aliphatic heterocycles. The molecule has 0 saturated carbocycles. The molecule has 2 heterocycles. The Morgan fingerprint density at radius 2 is 2.00 bits per heavy atom. The van der Waals surface area contributed by atoms with Crippen LogP contribution in [0.25, 0.3) is 16.9 Å². The molecule has 0 radical (unpaired) electrons. The minimum absolute atomic E-state index is 0.318. The van der Waals surface area contributed by atoms with Gasteiger partial charge in [-0.25, -0.2) is 9.97 Å². The van der Waals surface area contributed by atoms with Crippen molar-refractivity contribution in [2.45, 2.75) is 6.92 Å². The Labute approximate surface area is 133 Å². The Balaban J connectivity index is 2.35. The Morgan fingerprint density at radius 3 is 2.75 bits per heavy atom. The smallest absolute Gasteiger partial charge is 0.207 e. The van der Waals surface area contributed by atoms with Gasteiger partial charge < -0.3 is 5.73 Å². The fourth-order valence-corrected chi connectivity index (χ4v) is 2.86. The molecule has 7 heteroatoms. The lowest BCUT2D eigenvalue weighted by atomic mass is 10.3. The van der Waals surface area contributed by atoms with E-state index in [2.05, 4.69) is 25.9 Å². The van der Waals surface area contributed by atoms with Crippen LogP contribution in [0.5, 0.6) is 0 Å². The van der Waals surface area contributed by atoms with Crippen molar-refractivity contribution in [3.8, 4) is 5.69 Å². The van der Waals surface area contributed by atoms with Gasteiger partial charge in [0.1, 0.15) is 5.52 Å². The van der Waals surface area contributed by atoms with E-state index in [1.165, 1.54) is 0 Å². The number of halogens is 3. The molecule has 0 amide bonds. The zero-order valence-electron chi connectivity index (χ0n) is 10.4. The Hall–Kier alpha value is -1.30. The molecule has 2 aromatic heterocycles. The minimum atomic E-state index is 0.318. The molecule has 2 N–H and O–H groups in total. The number of nitrogens with two attached hydrogens (primary N) is 1. The van der Waals surface area contributed by atoms with Crippen LogP contribution in [0.4, 0.5) is 5.95 Å². The van der Waals surface area contributed by atoms with E-state index in [0.717, 1.165) is 15.6 Å². The quantitative estimate of drug-likeness (QED) is 0.645. The summed E-state index contributed by atoms with van der Waals surface area (Å²) in [6.45, 7) is 1.95. The van der Waals surface area contributed by atoms with Crippen LogP contribution in [-0.2, 0) is 0 Å². The highest BCUT2D eigenvalue weighted by Gasteiger charge is 2.16. The summed E-state index contributed by atoms with van der Waals surface area (Å²) in [4.78, 5) is 8.69. The first-order chi connectivity index (χ1) is 9.49. The first kappa shape index (κ1) is 13.7. The summed E-state index contributed by atoms with van der Waals surface area (Å²) in [6, 6.07) is 5.55. The topological polar surface area (TPSA) is 56.7 Å². The van der Waals surface area contributed by atoms with Gasteiger partial charge in [0.2, 0.25) is 5.95 Å². The number of nitrogens with zero attached hydrogens (tertiary/aromatic N) is 3. The molecule has 0 aliphatic rings. The van der Waals surface area contributed by atoms with Crippen LogP contribution in [0.3, 0.4) is 0 Å². The lowest BCUT2D eigenvalue weighted by Gasteiger charge is -2.10. The zero-order valence-corrected chi connectivity index (χ0v) is 13.5. The second-order valence-corrected chi connectivity index (χ2v) is 5.97. The Morgan fingerprint density at radius 1 is 1.25 bits per heavy atom. The van der Waals surface area contributed by atoms with E-state index < -0.39 is 0 Å². The van der Waals surface area contributed by atoms with E-state index in [9.17, 15) is 0 Å². The van der Waals surface area contributed by atoms with Crippen molar-refractivity contribution in [2.24, 2.45) is 0 Å². The number of aryl methyl sites for hydroxylation is 1. The second-order valence-electron chi connectivity index (χ2n) is 4.36. The van der Waals surface area contributed by atoms with E-state index >= 15 is 0 Å². The third-order valence-electron chi connectivity index (χ3n) is 2.92. The van der Waals surface area contributed by atoms with Crippen LogP contribution in [0.15, 0.2) is 28.9 Å². The number of pyridine rings is 1. The average molecular weight is 372 g/mol. The van der Waals surface area contributed by atoms with Gasteiger partial charge in [0.15, 0.2) is 5.65 Å². The maximum atomic E-state index is 6.30. The first-order valence-electron chi connectivity index (χ1n) is 5.73. The van der Waals surface area contributed by atoms with Crippen molar-refractivity contribution in [1.82, 2.24) is 14.5 Å². The molecule has 102 valence electrons. The Bertz CT molecular complexity index is 829. The standard InChI is InChI=1S/C13H9BrCl2N4/c1-6-4-8-12(18-5-6)20(13(17)19-8)9-3-2-7(14)10(15)11(9)16/h2-5H,1H3,(H2,17,19). The van der Waals surface area contributed by atoms with E-state index in [1.54, 1.807) is 10.8 Å². The molecular weight excluding hydrogens is 363 g/mol. The molecule has 3 aromatic rings. The summed E-state index contributed by atoms with van der Waals surface area (Å²) >= 11 is 15.8. The van der Waals surface area contributed by atoms with E-state index in [4.69, 9.17) is 28.9 Å². The van der Waals surface area contributed by atoms with E-state index in [-0.39, 0.29) is 0 Å². The lowest BCUT2D eigenvalue weighted by molar-refractivity contribution is 1.08. The highest BCUT2D eigenvalue weighted by Crippen LogP contribution is 2.36. The van der Waals surface area contributed by atoms with Crippen molar-refractivity contribution in [1.29, 1.82) is 0 Å². The number of fused-ring (bicyclic) bond motifs is 1. The second kappa shape index (κ2) is 4.91. The summed E-state index contributed by atoms with van der Waals surface area (Å²) in [5.41, 5.74) is 9.02. The average Bonchev–Trinajstić information content (AvgIpc) is 2.72. The number of nitrogen functional groups attached to an aromatic ring is 1. The van der Waals surface area contributed by atoms with Gasteiger partial charge in [-0.15, -0.1) is 0 Å². The summed E-state index contributed by atoms with van der Waals surface area (Å²) in [6.07, 6.45) is 1.76. The Kier molecular flexibility index (Phi) is 3.36. The number of aromatic nitrogens is 3. The van der Waals surface area contributed by atoms with Crippen LogP contribution in [-0.4, -0.2) is 14.5 Å². The third-order valence-corrected chi connectivity index (χ3v) is 4.68. The number of anilines is 1. The minimum Gasteiger partial charge on any atom is -0.369 e. The number of rotatable bonds is 1. The summed E-state index contributed by atoms with van der Waals surface area (Å²) < 4.78 is 2.41. The SMILES string of the molecule is Cc1cnc2c(c1)nc(N)n2-c1ccc(Br)c(Cl)c1Cl. The zero-order chi connectivity index (χ0) is 14.4. The number of hydrogen-bond acceptors (Lipinski definition) is 3. The fourth-order valence-electron chi connectivity index (χ4n) is 2.01. The summed E-state index contributed by atoms with van der Waals surface area (Å²) in [5.74, 6) is 0.318. The molecule has 1 aromatic carbocycles. The number of hydrogen-bond donors (Lipinski definition) is 1.